The topological polar surface area (TPSA) is 12.9 Å². The van der Waals surface area contributed by atoms with E-state index in [2.05, 4.69) is 85.8 Å². The van der Waals surface area contributed by atoms with Crippen LogP contribution in [0.2, 0.25) is 0 Å². The maximum atomic E-state index is 4.88. The maximum Gasteiger partial charge on any atom is 0.0607 e. The number of nitrogens with zero attached hydrogens (tertiary/aromatic N) is 1. The molecule has 0 N–H and O–H groups in total. The molecule has 3 aromatic carbocycles. The number of aromatic nitrogens is 1. The Hall–Kier alpha value is -2.54. The molecule has 0 aliphatic heterocycles. The van der Waals surface area contributed by atoms with Crippen LogP contribution in [0.1, 0.15) is 16.7 Å². The number of benzene rings is 3. The van der Waals surface area contributed by atoms with Gasteiger partial charge in [0.15, 0.2) is 0 Å². The van der Waals surface area contributed by atoms with Gasteiger partial charge < -0.3 is 0 Å². The third-order valence-electron chi connectivity index (χ3n) is 4.80. The number of pyridine rings is 1. The van der Waals surface area contributed by atoms with Crippen LogP contribution in [0.5, 0.6) is 0 Å². The van der Waals surface area contributed by atoms with Crippen LogP contribution in [-0.4, -0.2) is 4.98 Å². The fraction of sp³-hybridized carbons (Fsp3) is 0.0417. The molecule has 1 radical (unpaired) electrons. The molecule has 0 unspecified atom stereocenters. The molecule has 1 aromatic heterocycles. The molecule has 26 heavy (non-hydrogen) atoms. The Labute approximate surface area is 166 Å². The Morgan fingerprint density at radius 3 is 2.46 bits per heavy atom. The van der Waals surface area contributed by atoms with Gasteiger partial charge in [-0.15, -0.1) is 35.4 Å². The fourth-order valence-corrected chi connectivity index (χ4v) is 3.47. The Morgan fingerprint density at radius 2 is 1.62 bits per heavy atom. The van der Waals surface area contributed by atoms with Crippen molar-refractivity contribution in [1.29, 1.82) is 0 Å². The quantitative estimate of drug-likeness (QED) is 0.259. The van der Waals surface area contributed by atoms with Gasteiger partial charge in [0.2, 0.25) is 0 Å². The molecule has 0 bridgehead atoms. The summed E-state index contributed by atoms with van der Waals surface area (Å²) in [6, 6.07) is 26.7. The smallest absolute Gasteiger partial charge is 0.0607 e. The summed E-state index contributed by atoms with van der Waals surface area (Å²) in [6.07, 6.45) is 4.34. The van der Waals surface area contributed by atoms with Gasteiger partial charge in [-0.1, -0.05) is 60.2 Å². The second kappa shape index (κ2) is 6.64. The van der Waals surface area contributed by atoms with Crippen molar-refractivity contribution in [2.24, 2.45) is 0 Å². The standard InChI is InChI=1S/C24H16N.Ir/c1-16-8-10-17(11-9-16)19-5-2-6-20(14-19)23-15-21-13-12-18-4-3-7-22(25-23)24(18)21;/h2-5,7-15H,1H3;/q-1;. The third-order valence-corrected chi connectivity index (χ3v) is 4.80. The van der Waals surface area contributed by atoms with E-state index in [1.165, 1.54) is 33.2 Å². The van der Waals surface area contributed by atoms with Gasteiger partial charge in [-0.3, -0.25) is 4.98 Å². The van der Waals surface area contributed by atoms with Crippen molar-refractivity contribution in [3.8, 4) is 22.4 Å². The average Bonchev–Trinajstić information content (AvgIpc) is 3.07. The summed E-state index contributed by atoms with van der Waals surface area (Å²) in [4.78, 5) is 4.88. The number of rotatable bonds is 2. The summed E-state index contributed by atoms with van der Waals surface area (Å²) < 4.78 is 0. The Kier molecular flexibility index (Phi) is 4.32. The van der Waals surface area contributed by atoms with Crippen molar-refractivity contribution in [2.45, 2.75) is 6.92 Å². The van der Waals surface area contributed by atoms with Crippen molar-refractivity contribution in [3.63, 3.8) is 0 Å². The summed E-state index contributed by atoms with van der Waals surface area (Å²) in [5.41, 5.74) is 9.22. The van der Waals surface area contributed by atoms with Gasteiger partial charge in [-0.25, -0.2) is 0 Å². The molecule has 1 aliphatic carbocycles. The first-order valence-corrected chi connectivity index (χ1v) is 8.49. The van der Waals surface area contributed by atoms with Gasteiger partial charge in [-0.05, 0) is 35.4 Å². The van der Waals surface area contributed by atoms with Crippen molar-refractivity contribution in [2.75, 3.05) is 0 Å². The van der Waals surface area contributed by atoms with Crippen LogP contribution in [0, 0.1) is 13.0 Å². The monoisotopic (exact) mass is 511 g/mol. The van der Waals surface area contributed by atoms with Crippen molar-refractivity contribution < 1.29 is 20.1 Å². The van der Waals surface area contributed by atoms with E-state index in [9.17, 15) is 0 Å². The molecular weight excluding hydrogens is 494 g/mol. The summed E-state index contributed by atoms with van der Waals surface area (Å²) >= 11 is 0. The molecule has 4 aromatic rings. The molecule has 0 atom stereocenters. The predicted molar refractivity (Wildman–Crippen MR) is 105 cm³/mol. The van der Waals surface area contributed by atoms with Crippen LogP contribution < -0.4 is 0 Å². The second-order valence-corrected chi connectivity index (χ2v) is 6.53. The Bertz CT molecular complexity index is 1140. The van der Waals surface area contributed by atoms with E-state index in [0.717, 1.165) is 16.8 Å². The number of hydrogen-bond donors (Lipinski definition) is 0. The summed E-state index contributed by atoms with van der Waals surface area (Å²) in [5.74, 6) is 0. The first-order chi connectivity index (χ1) is 12.3. The van der Waals surface area contributed by atoms with Gasteiger partial charge in [0, 0.05) is 25.5 Å². The van der Waals surface area contributed by atoms with Crippen LogP contribution in [0.3, 0.4) is 0 Å². The van der Waals surface area contributed by atoms with Crippen LogP contribution in [0.15, 0.2) is 66.7 Å². The van der Waals surface area contributed by atoms with Crippen LogP contribution >= 0.6 is 0 Å². The average molecular weight is 511 g/mol. The van der Waals surface area contributed by atoms with Crippen molar-refractivity contribution >= 4 is 23.1 Å². The molecule has 1 aliphatic rings. The van der Waals surface area contributed by atoms with Gasteiger partial charge in [0.1, 0.15) is 0 Å². The zero-order valence-electron chi connectivity index (χ0n) is 14.3. The molecular formula is C24H16IrN-. The van der Waals surface area contributed by atoms with Crippen LogP contribution in [0.25, 0.3) is 45.4 Å². The summed E-state index contributed by atoms with van der Waals surface area (Å²) in [6.45, 7) is 2.11. The van der Waals surface area contributed by atoms with Crippen LogP contribution in [-0.2, 0) is 20.1 Å². The second-order valence-electron chi connectivity index (χ2n) is 6.53. The SMILES string of the molecule is Cc1ccc(-c2cc[c-]c(-c3cc4c5c(cccc5n3)C=C4)c2)cc1.[Ir]. The zero-order chi connectivity index (χ0) is 16.8. The molecule has 0 saturated carbocycles. The first-order valence-electron chi connectivity index (χ1n) is 8.49. The van der Waals surface area contributed by atoms with Gasteiger partial charge in [-0.2, -0.15) is 0 Å². The van der Waals surface area contributed by atoms with E-state index in [1.807, 2.05) is 6.07 Å². The number of hydrogen-bond acceptors (Lipinski definition) is 1. The molecule has 5 rings (SSSR count). The van der Waals surface area contributed by atoms with E-state index >= 15 is 0 Å². The molecule has 1 heterocycles. The normalized spacial score (nSPS) is 11.6. The zero-order valence-corrected chi connectivity index (χ0v) is 16.7. The largest absolute Gasteiger partial charge is 0.296 e. The molecule has 0 fully saturated rings. The van der Waals surface area contributed by atoms with E-state index in [0.29, 0.717) is 0 Å². The van der Waals surface area contributed by atoms with Gasteiger partial charge in [0.05, 0.1) is 5.52 Å². The maximum absolute atomic E-state index is 4.88. The minimum absolute atomic E-state index is 0. The fourth-order valence-electron chi connectivity index (χ4n) is 3.47. The minimum Gasteiger partial charge on any atom is -0.296 e. The van der Waals surface area contributed by atoms with E-state index in [1.54, 1.807) is 0 Å². The van der Waals surface area contributed by atoms with Crippen LogP contribution in [0.4, 0.5) is 0 Å². The molecule has 0 amide bonds. The minimum atomic E-state index is 0. The van der Waals surface area contributed by atoms with E-state index < -0.39 is 0 Å². The predicted octanol–water partition coefficient (Wildman–Crippen LogP) is 6.16. The van der Waals surface area contributed by atoms with Crippen molar-refractivity contribution in [3.05, 3.63) is 89.5 Å². The van der Waals surface area contributed by atoms with E-state index in [4.69, 9.17) is 4.98 Å². The summed E-state index contributed by atoms with van der Waals surface area (Å²) in [5, 5.41) is 1.25. The molecule has 2 heteroatoms. The molecule has 1 nitrogen and oxygen atoms in total. The Balaban J connectivity index is 0.00000168. The van der Waals surface area contributed by atoms with E-state index in [-0.39, 0.29) is 20.1 Å². The summed E-state index contributed by atoms with van der Waals surface area (Å²) in [7, 11) is 0. The third kappa shape index (κ3) is 2.82. The molecule has 0 saturated heterocycles. The molecule has 127 valence electrons. The Morgan fingerprint density at radius 1 is 0.808 bits per heavy atom. The molecule has 0 spiro atoms. The van der Waals surface area contributed by atoms with Gasteiger partial charge >= 0.3 is 0 Å². The number of aryl methyl sites for hydroxylation is 1. The first kappa shape index (κ1) is 16.9. The van der Waals surface area contributed by atoms with Gasteiger partial charge in [0.25, 0.3) is 0 Å². The van der Waals surface area contributed by atoms with Crippen molar-refractivity contribution in [1.82, 2.24) is 4.98 Å².